The van der Waals surface area contributed by atoms with Gasteiger partial charge in [0, 0.05) is 12.0 Å². The van der Waals surface area contributed by atoms with Crippen molar-refractivity contribution in [3.05, 3.63) is 65.2 Å². The molecular weight excluding hydrogens is 293 g/mol. The predicted molar refractivity (Wildman–Crippen MR) is 76.8 cm³/mol. The summed E-state index contributed by atoms with van der Waals surface area (Å²) in [5, 5.41) is 0. The molecule has 2 aromatic rings. The van der Waals surface area contributed by atoms with Gasteiger partial charge in [0.05, 0.1) is 5.56 Å². The van der Waals surface area contributed by atoms with E-state index in [0.29, 0.717) is 23.3 Å². The molecule has 0 N–H and O–H groups in total. The van der Waals surface area contributed by atoms with Gasteiger partial charge in [-0.15, -0.1) is 0 Å². The zero-order valence-electron chi connectivity index (χ0n) is 12.0. The van der Waals surface area contributed by atoms with E-state index in [9.17, 15) is 18.0 Å². The van der Waals surface area contributed by atoms with Crippen molar-refractivity contribution < 1.29 is 22.7 Å². The highest BCUT2D eigenvalue weighted by Crippen LogP contribution is 2.29. The summed E-state index contributed by atoms with van der Waals surface area (Å²) in [5.74, 6) is 0.613. The van der Waals surface area contributed by atoms with Gasteiger partial charge in [-0.1, -0.05) is 19.1 Å². The van der Waals surface area contributed by atoms with E-state index in [0.717, 1.165) is 12.1 Å². The summed E-state index contributed by atoms with van der Waals surface area (Å²) in [5.41, 5.74) is 0.574. The Morgan fingerprint density at radius 2 is 1.59 bits per heavy atom. The molecule has 0 unspecified atom stereocenters. The first-order valence-electron chi connectivity index (χ1n) is 6.82. The van der Waals surface area contributed by atoms with Crippen LogP contribution in [0.3, 0.4) is 0 Å². The molecule has 0 amide bonds. The second-order valence-corrected chi connectivity index (χ2v) is 4.78. The van der Waals surface area contributed by atoms with Crippen LogP contribution < -0.4 is 4.74 Å². The fraction of sp³-hybridized carbons (Fsp3) is 0.235. The lowest BCUT2D eigenvalue weighted by Gasteiger charge is -2.09. The number of ketones is 1. The number of rotatable bonds is 5. The van der Waals surface area contributed by atoms with Crippen LogP contribution >= 0.6 is 0 Å². The van der Waals surface area contributed by atoms with Gasteiger partial charge in [-0.25, -0.2) is 0 Å². The van der Waals surface area contributed by atoms with E-state index < -0.39 is 11.7 Å². The number of ether oxygens (including phenoxy) is 1. The van der Waals surface area contributed by atoms with E-state index in [-0.39, 0.29) is 12.4 Å². The maximum atomic E-state index is 12.4. The summed E-state index contributed by atoms with van der Waals surface area (Å²) >= 11 is 0. The van der Waals surface area contributed by atoms with E-state index in [4.69, 9.17) is 4.74 Å². The zero-order chi connectivity index (χ0) is 16.2. The van der Waals surface area contributed by atoms with Crippen molar-refractivity contribution in [1.82, 2.24) is 0 Å². The molecule has 0 heterocycles. The van der Waals surface area contributed by atoms with Gasteiger partial charge in [-0.3, -0.25) is 4.79 Å². The van der Waals surface area contributed by atoms with E-state index >= 15 is 0 Å². The van der Waals surface area contributed by atoms with Gasteiger partial charge in [-0.2, -0.15) is 13.2 Å². The predicted octanol–water partition coefficient (Wildman–Crippen LogP) is 4.88. The van der Waals surface area contributed by atoms with E-state index in [1.807, 2.05) is 0 Å². The first-order chi connectivity index (χ1) is 10.4. The molecule has 2 nitrogen and oxygen atoms in total. The summed E-state index contributed by atoms with van der Waals surface area (Å²) in [6.07, 6.45) is -3.90. The standard InChI is InChI=1S/C17H15F3O2/c1-2-16(21)13-5-9-15(10-6-13)22-11-12-3-7-14(8-4-12)17(18,19)20/h3-10H,2,11H2,1H3. The van der Waals surface area contributed by atoms with Crippen molar-refractivity contribution in [1.29, 1.82) is 0 Å². The van der Waals surface area contributed by atoms with Crippen LogP contribution in [0.25, 0.3) is 0 Å². The number of carbonyl (C=O) groups is 1. The summed E-state index contributed by atoms with van der Waals surface area (Å²) < 4.78 is 42.8. The Labute approximate surface area is 126 Å². The second-order valence-electron chi connectivity index (χ2n) is 4.78. The summed E-state index contributed by atoms with van der Waals surface area (Å²) in [6, 6.07) is 11.5. The maximum Gasteiger partial charge on any atom is 0.416 e. The van der Waals surface area contributed by atoms with Gasteiger partial charge in [0.25, 0.3) is 0 Å². The van der Waals surface area contributed by atoms with Gasteiger partial charge >= 0.3 is 6.18 Å². The minimum atomic E-state index is -4.33. The van der Waals surface area contributed by atoms with E-state index in [1.54, 1.807) is 31.2 Å². The van der Waals surface area contributed by atoms with E-state index in [2.05, 4.69) is 0 Å². The van der Waals surface area contributed by atoms with E-state index in [1.165, 1.54) is 12.1 Å². The molecule has 0 atom stereocenters. The van der Waals surface area contributed by atoms with Crippen molar-refractivity contribution in [3.8, 4) is 5.75 Å². The molecule has 0 bridgehead atoms. The molecule has 0 saturated heterocycles. The van der Waals surface area contributed by atoms with Crippen LogP contribution in [0, 0.1) is 0 Å². The number of hydrogen-bond acceptors (Lipinski definition) is 2. The SMILES string of the molecule is CCC(=O)c1ccc(OCc2ccc(C(F)(F)F)cc2)cc1. The highest BCUT2D eigenvalue weighted by atomic mass is 19.4. The molecule has 5 heteroatoms. The largest absolute Gasteiger partial charge is 0.489 e. The Hall–Kier alpha value is -2.30. The van der Waals surface area contributed by atoms with Crippen LogP contribution in [-0.4, -0.2) is 5.78 Å². The third-order valence-corrected chi connectivity index (χ3v) is 3.18. The van der Waals surface area contributed by atoms with Gasteiger partial charge in [0.1, 0.15) is 12.4 Å². The van der Waals surface area contributed by atoms with Crippen molar-refractivity contribution >= 4 is 5.78 Å². The Bertz CT molecular complexity index is 628. The Kier molecular flexibility index (Phi) is 4.85. The zero-order valence-corrected chi connectivity index (χ0v) is 12.0. The highest BCUT2D eigenvalue weighted by Gasteiger charge is 2.29. The quantitative estimate of drug-likeness (QED) is 0.736. The number of Topliss-reactive ketones (excluding diaryl/α,β-unsaturated/α-hetero) is 1. The average Bonchev–Trinajstić information content (AvgIpc) is 2.52. The second kappa shape index (κ2) is 6.64. The minimum Gasteiger partial charge on any atom is -0.489 e. The maximum absolute atomic E-state index is 12.4. The number of carbonyl (C=O) groups excluding carboxylic acids is 1. The van der Waals surface area contributed by atoms with Gasteiger partial charge in [-0.05, 0) is 42.0 Å². The van der Waals surface area contributed by atoms with Crippen LogP contribution in [0.2, 0.25) is 0 Å². The van der Waals surface area contributed by atoms with Crippen LogP contribution in [0.5, 0.6) is 5.75 Å². The van der Waals surface area contributed by atoms with Crippen LogP contribution in [-0.2, 0) is 12.8 Å². The fourth-order valence-electron chi connectivity index (χ4n) is 1.90. The monoisotopic (exact) mass is 308 g/mol. The fourth-order valence-corrected chi connectivity index (χ4v) is 1.90. The van der Waals surface area contributed by atoms with Gasteiger partial charge in [0.2, 0.25) is 0 Å². The molecule has 0 aliphatic rings. The molecule has 2 rings (SSSR count). The molecule has 0 aliphatic carbocycles. The smallest absolute Gasteiger partial charge is 0.416 e. The average molecular weight is 308 g/mol. The third kappa shape index (κ3) is 4.10. The van der Waals surface area contributed by atoms with Crippen molar-refractivity contribution in [2.75, 3.05) is 0 Å². The topological polar surface area (TPSA) is 26.3 Å². The Balaban J connectivity index is 1.97. The highest BCUT2D eigenvalue weighted by molar-refractivity contribution is 5.95. The number of halogens is 3. The lowest BCUT2D eigenvalue weighted by molar-refractivity contribution is -0.137. The molecular formula is C17H15F3O2. The molecule has 0 saturated carbocycles. The van der Waals surface area contributed by atoms with Gasteiger partial charge in [0.15, 0.2) is 5.78 Å². The van der Waals surface area contributed by atoms with Crippen LogP contribution in [0.15, 0.2) is 48.5 Å². The van der Waals surface area contributed by atoms with Crippen LogP contribution in [0.4, 0.5) is 13.2 Å². The molecule has 0 fully saturated rings. The third-order valence-electron chi connectivity index (χ3n) is 3.18. The van der Waals surface area contributed by atoms with Crippen molar-refractivity contribution in [3.63, 3.8) is 0 Å². The molecule has 2 aromatic carbocycles. The summed E-state index contributed by atoms with van der Waals surface area (Å²) in [6.45, 7) is 1.95. The molecule has 0 aromatic heterocycles. The molecule has 0 aliphatic heterocycles. The first-order valence-corrected chi connectivity index (χ1v) is 6.82. The number of alkyl halides is 3. The van der Waals surface area contributed by atoms with Crippen LogP contribution in [0.1, 0.15) is 34.8 Å². The number of benzene rings is 2. The minimum absolute atomic E-state index is 0.0503. The molecule has 22 heavy (non-hydrogen) atoms. The summed E-state index contributed by atoms with van der Waals surface area (Å²) in [4.78, 5) is 11.5. The normalized spacial score (nSPS) is 11.3. The van der Waals surface area contributed by atoms with Crippen molar-refractivity contribution in [2.45, 2.75) is 26.1 Å². The van der Waals surface area contributed by atoms with Crippen molar-refractivity contribution in [2.24, 2.45) is 0 Å². The Morgan fingerprint density at radius 1 is 1.00 bits per heavy atom. The van der Waals surface area contributed by atoms with Gasteiger partial charge < -0.3 is 4.74 Å². The molecule has 0 radical (unpaired) electrons. The lowest BCUT2D eigenvalue weighted by Crippen LogP contribution is -2.05. The first kappa shape index (κ1) is 16.1. The number of hydrogen-bond donors (Lipinski definition) is 0. The molecule has 116 valence electrons. The molecule has 0 spiro atoms. The summed E-state index contributed by atoms with van der Waals surface area (Å²) in [7, 11) is 0. The Morgan fingerprint density at radius 3 is 2.09 bits per heavy atom. The lowest BCUT2D eigenvalue weighted by atomic mass is 10.1.